The standard InChI is InChI=1S/C28H42O5/c1-4-6-18(5-2)15-26(30)32-17-27(31)33-25-12-11-24-23-9-7-19-16-20(29)8-10-21(19)22(23)13-14-28(24,25)3/h16,18,21-25H,4-15,17H2,1-3H3/t18?,21-,22+,23+,24-,25-,28-/m0/s1. The monoisotopic (exact) mass is 458 g/mol. The van der Waals surface area contributed by atoms with Gasteiger partial charge in [0.25, 0.3) is 0 Å². The van der Waals surface area contributed by atoms with Crippen LogP contribution in [-0.4, -0.2) is 30.4 Å². The van der Waals surface area contributed by atoms with Crippen LogP contribution in [0.2, 0.25) is 0 Å². The van der Waals surface area contributed by atoms with Gasteiger partial charge in [0.05, 0.1) is 0 Å². The number of rotatable bonds is 8. The summed E-state index contributed by atoms with van der Waals surface area (Å²) in [5.41, 5.74) is 1.42. The Morgan fingerprint density at radius 1 is 1.06 bits per heavy atom. The van der Waals surface area contributed by atoms with E-state index < -0.39 is 5.97 Å². The van der Waals surface area contributed by atoms with E-state index in [9.17, 15) is 14.4 Å². The van der Waals surface area contributed by atoms with Gasteiger partial charge in [-0.25, -0.2) is 4.79 Å². The summed E-state index contributed by atoms with van der Waals surface area (Å²) < 4.78 is 11.2. The Kier molecular flexibility index (Phi) is 7.65. The Bertz CT molecular complexity index is 785. The van der Waals surface area contributed by atoms with Crippen LogP contribution >= 0.6 is 0 Å². The van der Waals surface area contributed by atoms with E-state index in [4.69, 9.17) is 9.47 Å². The van der Waals surface area contributed by atoms with Crippen molar-refractivity contribution in [1.82, 2.24) is 0 Å². The van der Waals surface area contributed by atoms with E-state index in [0.717, 1.165) is 64.2 Å². The highest BCUT2D eigenvalue weighted by Crippen LogP contribution is 2.62. The predicted octanol–water partition coefficient (Wildman–Crippen LogP) is 5.80. The second kappa shape index (κ2) is 10.3. The van der Waals surface area contributed by atoms with Gasteiger partial charge in [0, 0.05) is 18.3 Å². The first-order valence-corrected chi connectivity index (χ1v) is 13.4. The fraction of sp³-hybridized carbons (Fsp3) is 0.821. The molecule has 1 unspecified atom stereocenters. The van der Waals surface area contributed by atoms with E-state index >= 15 is 0 Å². The second-order valence-electron chi connectivity index (χ2n) is 11.3. The van der Waals surface area contributed by atoms with Gasteiger partial charge in [0.15, 0.2) is 12.4 Å². The maximum Gasteiger partial charge on any atom is 0.344 e. The molecule has 3 fully saturated rings. The van der Waals surface area contributed by atoms with Crippen molar-refractivity contribution >= 4 is 17.7 Å². The minimum Gasteiger partial charge on any atom is -0.459 e. The number of hydrogen-bond acceptors (Lipinski definition) is 5. The van der Waals surface area contributed by atoms with Crippen LogP contribution in [0.15, 0.2) is 11.6 Å². The zero-order valence-corrected chi connectivity index (χ0v) is 20.8. The number of hydrogen-bond donors (Lipinski definition) is 0. The van der Waals surface area contributed by atoms with Crippen LogP contribution in [0, 0.1) is 35.0 Å². The Labute approximate surface area is 199 Å². The van der Waals surface area contributed by atoms with Crippen LogP contribution in [0.1, 0.15) is 97.8 Å². The fourth-order valence-electron chi connectivity index (χ4n) is 7.81. The molecule has 33 heavy (non-hydrogen) atoms. The molecule has 0 aromatic rings. The van der Waals surface area contributed by atoms with E-state index in [2.05, 4.69) is 20.8 Å². The molecule has 0 spiro atoms. The highest BCUT2D eigenvalue weighted by Gasteiger charge is 2.57. The predicted molar refractivity (Wildman–Crippen MR) is 126 cm³/mol. The molecule has 0 bridgehead atoms. The van der Waals surface area contributed by atoms with E-state index in [0.29, 0.717) is 48.2 Å². The van der Waals surface area contributed by atoms with Gasteiger partial charge in [-0.05, 0) is 80.6 Å². The van der Waals surface area contributed by atoms with Crippen molar-refractivity contribution in [3.8, 4) is 0 Å². The lowest BCUT2D eigenvalue weighted by molar-refractivity contribution is -0.169. The Hall–Kier alpha value is -1.65. The smallest absolute Gasteiger partial charge is 0.344 e. The zero-order valence-electron chi connectivity index (χ0n) is 20.8. The van der Waals surface area contributed by atoms with Gasteiger partial charge in [0.1, 0.15) is 6.10 Å². The largest absolute Gasteiger partial charge is 0.459 e. The topological polar surface area (TPSA) is 69.7 Å². The van der Waals surface area contributed by atoms with Crippen molar-refractivity contribution in [2.45, 2.75) is 104 Å². The summed E-state index contributed by atoms with van der Waals surface area (Å²) in [6, 6.07) is 0. The molecular weight excluding hydrogens is 416 g/mol. The average molecular weight is 459 g/mol. The first-order valence-electron chi connectivity index (χ1n) is 13.4. The number of ether oxygens (including phenoxy) is 2. The van der Waals surface area contributed by atoms with Gasteiger partial charge in [0.2, 0.25) is 0 Å². The molecule has 5 heteroatoms. The van der Waals surface area contributed by atoms with Gasteiger partial charge < -0.3 is 9.47 Å². The minimum absolute atomic E-state index is 0.0149. The van der Waals surface area contributed by atoms with Crippen molar-refractivity contribution in [2.24, 2.45) is 35.0 Å². The minimum atomic E-state index is -0.402. The summed E-state index contributed by atoms with van der Waals surface area (Å²) in [6.45, 7) is 6.25. The molecule has 4 aliphatic rings. The third-order valence-electron chi connectivity index (χ3n) is 9.57. The third-order valence-corrected chi connectivity index (χ3v) is 9.57. The average Bonchev–Trinajstić information content (AvgIpc) is 3.13. The molecule has 0 N–H and O–H groups in total. The number of esters is 2. The molecule has 4 aliphatic carbocycles. The molecule has 0 aromatic heterocycles. The number of carbonyl (C=O) groups is 3. The molecule has 0 amide bonds. The Morgan fingerprint density at radius 2 is 1.88 bits per heavy atom. The first kappa shape index (κ1) is 24.5. The molecule has 184 valence electrons. The van der Waals surface area contributed by atoms with E-state index in [1.807, 2.05) is 6.08 Å². The normalized spacial score (nSPS) is 36.2. The number of allylic oxidation sites excluding steroid dienone is 1. The highest BCUT2D eigenvalue weighted by atomic mass is 16.6. The molecule has 0 aromatic carbocycles. The van der Waals surface area contributed by atoms with E-state index in [1.165, 1.54) is 5.57 Å². The Balaban J connectivity index is 1.31. The van der Waals surface area contributed by atoms with Gasteiger partial charge in [-0.1, -0.05) is 45.6 Å². The molecule has 0 aliphatic heterocycles. The fourth-order valence-corrected chi connectivity index (χ4v) is 7.81. The molecule has 5 nitrogen and oxygen atoms in total. The summed E-state index contributed by atoms with van der Waals surface area (Å²) in [7, 11) is 0. The number of ketones is 1. The maximum atomic E-state index is 12.6. The molecule has 0 heterocycles. The lowest BCUT2D eigenvalue weighted by Gasteiger charge is -2.53. The van der Waals surface area contributed by atoms with E-state index in [-0.39, 0.29) is 24.1 Å². The molecular formula is C28H42O5. The molecule has 0 radical (unpaired) electrons. The van der Waals surface area contributed by atoms with Crippen molar-refractivity contribution in [3.63, 3.8) is 0 Å². The van der Waals surface area contributed by atoms with Crippen LogP contribution in [0.4, 0.5) is 0 Å². The van der Waals surface area contributed by atoms with Gasteiger partial charge in [-0.2, -0.15) is 0 Å². The van der Waals surface area contributed by atoms with E-state index in [1.54, 1.807) is 0 Å². The molecule has 0 saturated heterocycles. The van der Waals surface area contributed by atoms with Crippen molar-refractivity contribution < 1.29 is 23.9 Å². The lowest BCUT2D eigenvalue weighted by Crippen LogP contribution is -2.48. The number of fused-ring (bicyclic) bond motifs is 5. The van der Waals surface area contributed by atoms with Crippen LogP contribution in [0.25, 0.3) is 0 Å². The van der Waals surface area contributed by atoms with Gasteiger partial charge in [-0.15, -0.1) is 0 Å². The maximum absolute atomic E-state index is 12.6. The SMILES string of the molecule is CCCC(CC)CC(=O)OCC(=O)O[C@H]1CC[C@H]2[C@@H]3CCC4=CC(=O)CC[C@@H]4[C@H]3CC[C@]12C. The third kappa shape index (κ3) is 5.07. The van der Waals surface area contributed by atoms with Crippen LogP contribution in [-0.2, 0) is 23.9 Å². The summed E-state index contributed by atoms with van der Waals surface area (Å²) in [5, 5.41) is 0. The van der Waals surface area contributed by atoms with Crippen molar-refractivity contribution in [1.29, 1.82) is 0 Å². The van der Waals surface area contributed by atoms with Crippen molar-refractivity contribution in [2.75, 3.05) is 6.61 Å². The Morgan fingerprint density at radius 3 is 2.64 bits per heavy atom. The molecule has 4 rings (SSSR count). The second-order valence-corrected chi connectivity index (χ2v) is 11.3. The van der Waals surface area contributed by atoms with Crippen molar-refractivity contribution in [3.05, 3.63) is 11.6 Å². The summed E-state index contributed by atoms with van der Waals surface area (Å²) >= 11 is 0. The quantitative estimate of drug-likeness (QED) is 0.430. The van der Waals surface area contributed by atoms with Crippen LogP contribution in [0.5, 0.6) is 0 Å². The summed E-state index contributed by atoms with van der Waals surface area (Å²) in [4.78, 5) is 36.6. The van der Waals surface area contributed by atoms with Crippen LogP contribution < -0.4 is 0 Å². The summed E-state index contributed by atoms with van der Waals surface area (Å²) in [6.07, 6.45) is 13.5. The first-order chi connectivity index (χ1) is 15.9. The van der Waals surface area contributed by atoms with Gasteiger partial charge in [-0.3, -0.25) is 9.59 Å². The summed E-state index contributed by atoms with van der Waals surface area (Å²) in [5.74, 6) is 2.47. The lowest BCUT2D eigenvalue weighted by atomic mass is 9.52. The zero-order chi connectivity index (χ0) is 23.6. The number of carbonyl (C=O) groups excluding carboxylic acids is 3. The van der Waals surface area contributed by atoms with Gasteiger partial charge >= 0.3 is 11.9 Å². The molecule has 7 atom stereocenters. The van der Waals surface area contributed by atoms with Crippen LogP contribution in [0.3, 0.4) is 0 Å². The molecule has 3 saturated carbocycles. The highest BCUT2D eigenvalue weighted by molar-refractivity contribution is 5.91.